The summed E-state index contributed by atoms with van der Waals surface area (Å²) in [5.41, 5.74) is 0.482. The number of amides is 1. The van der Waals surface area contributed by atoms with Crippen molar-refractivity contribution in [2.24, 2.45) is 0 Å². The van der Waals surface area contributed by atoms with Gasteiger partial charge in [-0.25, -0.2) is 13.6 Å². The average molecular weight is 444 g/mol. The summed E-state index contributed by atoms with van der Waals surface area (Å²) in [4.78, 5) is 15.1. The van der Waals surface area contributed by atoms with Crippen molar-refractivity contribution < 1.29 is 35.4 Å². The molecule has 0 radical (unpaired) electrons. The minimum atomic E-state index is -6.00. The molecule has 0 saturated heterocycles. The van der Waals surface area contributed by atoms with E-state index in [4.69, 9.17) is 0 Å². The van der Waals surface area contributed by atoms with Crippen molar-refractivity contribution in [3.63, 3.8) is 0 Å². The van der Waals surface area contributed by atoms with E-state index in [1.54, 1.807) is 22.4 Å². The van der Waals surface area contributed by atoms with Gasteiger partial charge < -0.3 is 22.2 Å². The van der Waals surface area contributed by atoms with Crippen LogP contribution in [0.3, 0.4) is 0 Å². The van der Waals surface area contributed by atoms with E-state index in [2.05, 4.69) is 0 Å². The van der Waals surface area contributed by atoms with Crippen LogP contribution in [0, 0.1) is 11.6 Å². The maximum absolute atomic E-state index is 13.3. The second-order valence-corrected chi connectivity index (χ2v) is 8.28. The third-order valence-corrected chi connectivity index (χ3v) is 5.42. The van der Waals surface area contributed by atoms with Crippen LogP contribution in [0.4, 0.5) is 26.0 Å². The standard InChI is InChI=1S/C16H19F2N2OS2.BF4/c1-4-22-16-20(8-7-19(2)3)15(21)14(23-16)10-11-5-6-12(17)13(18)9-11;2-1(3,4)5/h5-6,9-10H,4,7-8H2,1-3H3;/q+1;-1/b14-10-;. The van der Waals surface area contributed by atoms with Gasteiger partial charge in [-0.2, -0.15) is 0 Å². The average Bonchev–Trinajstić information content (AvgIpc) is 2.83. The fraction of sp³-hybridized carbons (Fsp3) is 0.375. The van der Waals surface area contributed by atoms with Gasteiger partial charge in [0.1, 0.15) is 4.91 Å². The van der Waals surface area contributed by atoms with Gasteiger partial charge >= 0.3 is 13.2 Å². The molecule has 0 saturated carbocycles. The molecular formula is C16H19BF6N2OS2. The molecule has 0 aromatic heterocycles. The minimum absolute atomic E-state index is 0.0856. The Kier molecular flexibility index (Phi) is 9.65. The van der Waals surface area contributed by atoms with Crippen LogP contribution in [0.1, 0.15) is 12.5 Å². The third-order valence-electron chi connectivity index (χ3n) is 3.15. The van der Waals surface area contributed by atoms with Gasteiger partial charge in [0.15, 0.2) is 18.2 Å². The number of carbonyl (C=O) groups excluding carboxylic acids is 1. The number of nitrogens with zero attached hydrogens (tertiary/aromatic N) is 2. The number of carbonyl (C=O) groups is 1. The molecule has 0 fully saturated rings. The number of hydrogen-bond acceptors (Lipinski definition) is 4. The van der Waals surface area contributed by atoms with Gasteiger partial charge in [0.25, 0.3) is 4.38 Å². The molecule has 0 bridgehead atoms. The zero-order chi connectivity index (χ0) is 21.5. The molecule has 0 aliphatic carbocycles. The number of rotatable bonds is 5. The summed E-state index contributed by atoms with van der Waals surface area (Å²) in [5, 5.41) is 0. The maximum atomic E-state index is 13.3. The van der Waals surface area contributed by atoms with Crippen molar-refractivity contribution in [2.45, 2.75) is 6.92 Å². The van der Waals surface area contributed by atoms with Crippen LogP contribution >= 0.6 is 23.5 Å². The molecule has 1 aliphatic heterocycles. The van der Waals surface area contributed by atoms with E-state index in [0.29, 0.717) is 17.0 Å². The van der Waals surface area contributed by atoms with Gasteiger partial charge in [0, 0.05) is 5.75 Å². The Balaban J connectivity index is 0.000000696. The monoisotopic (exact) mass is 444 g/mol. The molecule has 1 aromatic rings. The van der Waals surface area contributed by atoms with Crippen LogP contribution in [0.25, 0.3) is 6.08 Å². The van der Waals surface area contributed by atoms with E-state index < -0.39 is 18.9 Å². The van der Waals surface area contributed by atoms with Crippen LogP contribution in [0.2, 0.25) is 0 Å². The van der Waals surface area contributed by atoms with Crippen molar-refractivity contribution in [1.82, 2.24) is 4.90 Å². The molecule has 3 nitrogen and oxygen atoms in total. The molecular weight excluding hydrogens is 425 g/mol. The highest BCUT2D eigenvalue weighted by Gasteiger charge is 2.37. The number of thioether (sulfide) groups is 2. The van der Waals surface area contributed by atoms with Gasteiger partial charge in [-0.05, 0) is 61.4 Å². The lowest BCUT2D eigenvalue weighted by molar-refractivity contribution is -0.437. The highest BCUT2D eigenvalue weighted by atomic mass is 32.2. The van der Waals surface area contributed by atoms with Crippen molar-refractivity contribution in [2.75, 3.05) is 32.9 Å². The SMILES string of the molecule is CCSC1=[N+](CCN(C)C)C(=O)/C(=C/c2ccc(F)c(F)c2)S1.F[B-](F)(F)F. The first-order chi connectivity index (χ1) is 12.9. The quantitative estimate of drug-likeness (QED) is 0.288. The van der Waals surface area contributed by atoms with E-state index >= 15 is 0 Å². The molecule has 0 N–H and O–H groups in total. The van der Waals surface area contributed by atoms with Crippen molar-refractivity contribution in [3.05, 3.63) is 40.3 Å². The lowest BCUT2D eigenvalue weighted by atomic mass is 10.2. The zero-order valence-electron chi connectivity index (χ0n) is 15.4. The first-order valence-corrected chi connectivity index (χ1v) is 9.90. The van der Waals surface area contributed by atoms with Crippen LogP contribution in [0.15, 0.2) is 23.1 Å². The first-order valence-electron chi connectivity index (χ1n) is 8.10. The predicted molar refractivity (Wildman–Crippen MR) is 104 cm³/mol. The van der Waals surface area contributed by atoms with E-state index in [0.717, 1.165) is 28.8 Å². The molecule has 2 rings (SSSR count). The summed E-state index contributed by atoms with van der Waals surface area (Å²) in [6.07, 6.45) is 1.61. The Hall–Kier alpha value is -1.40. The van der Waals surface area contributed by atoms with Gasteiger partial charge in [0.05, 0.1) is 6.54 Å². The van der Waals surface area contributed by atoms with E-state index in [-0.39, 0.29) is 5.91 Å². The van der Waals surface area contributed by atoms with Crippen LogP contribution < -0.4 is 0 Å². The summed E-state index contributed by atoms with van der Waals surface area (Å²) >= 11 is 3.00. The van der Waals surface area contributed by atoms with Crippen LogP contribution in [-0.4, -0.2) is 60.0 Å². The van der Waals surface area contributed by atoms with Gasteiger partial charge in [-0.15, -0.1) is 4.58 Å². The van der Waals surface area contributed by atoms with Crippen LogP contribution in [-0.2, 0) is 4.79 Å². The maximum Gasteiger partial charge on any atom is 0.673 e. The molecule has 1 aromatic carbocycles. The molecule has 156 valence electrons. The summed E-state index contributed by atoms with van der Waals surface area (Å²) in [6, 6.07) is 3.64. The highest BCUT2D eigenvalue weighted by Crippen LogP contribution is 2.33. The van der Waals surface area contributed by atoms with Crippen molar-refractivity contribution >= 4 is 47.1 Å². The number of benzene rings is 1. The lowest BCUT2D eigenvalue weighted by Crippen LogP contribution is -2.28. The van der Waals surface area contributed by atoms with Gasteiger partial charge in [-0.1, -0.05) is 13.0 Å². The molecule has 0 atom stereocenters. The molecule has 0 spiro atoms. The third kappa shape index (κ3) is 8.74. The molecule has 12 heteroatoms. The molecule has 0 unspecified atom stereocenters. The van der Waals surface area contributed by atoms with E-state index in [1.807, 2.05) is 25.9 Å². The molecule has 1 amide bonds. The Morgan fingerprint density at radius 2 is 1.79 bits per heavy atom. The minimum Gasteiger partial charge on any atom is -0.418 e. The Morgan fingerprint density at radius 1 is 1.18 bits per heavy atom. The lowest BCUT2D eigenvalue weighted by Gasteiger charge is -2.06. The zero-order valence-corrected chi connectivity index (χ0v) is 17.0. The summed E-state index contributed by atoms with van der Waals surface area (Å²) < 4.78 is 68.0. The number of likely N-dealkylation sites (N-methyl/N-ethyl adjacent to an activating group) is 1. The summed E-state index contributed by atoms with van der Waals surface area (Å²) in [7, 11) is -2.09. The van der Waals surface area contributed by atoms with E-state index in [1.165, 1.54) is 17.8 Å². The molecule has 28 heavy (non-hydrogen) atoms. The topological polar surface area (TPSA) is 23.3 Å². The second-order valence-electron chi connectivity index (χ2n) is 5.74. The van der Waals surface area contributed by atoms with Crippen molar-refractivity contribution in [1.29, 1.82) is 0 Å². The normalized spacial score (nSPS) is 16.1. The molecule has 1 aliphatic rings. The predicted octanol–water partition coefficient (Wildman–Crippen LogP) is 4.56. The second kappa shape index (κ2) is 11.0. The fourth-order valence-corrected chi connectivity index (χ4v) is 4.28. The summed E-state index contributed by atoms with van der Waals surface area (Å²) in [5.74, 6) is -1.02. The smallest absolute Gasteiger partial charge is 0.418 e. The highest BCUT2D eigenvalue weighted by molar-refractivity contribution is 8.40. The largest absolute Gasteiger partial charge is 0.673 e. The first kappa shape index (κ1) is 24.6. The van der Waals surface area contributed by atoms with Gasteiger partial charge in [0.2, 0.25) is 0 Å². The Labute approximate surface area is 168 Å². The van der Waals surface area contributed by atoms with Crippen molar-refractivity contribution in [3.8, 4) is 0 Å². The molecule has 1 heterocycles. The number of halogens is 6. The number of hydrogen-bond donors (Lipinski definition) is 0. The van der Waals surface area contributed by atoms with Gasteiger partial charge in [-0.3, -0.25) is 0 Å². The fourth-order valence-electron chi connectivity index (χ4n) is 1.98. The summed E-state index contributed by atoms with van der Waals surface area (Å²) in [6.45, 7) is 3.40. The Bertz CT molecular complexity index is 762. The van der Waals surface area contributed by atoms with E-state index in [9.17, 15) is 30.8 Å². The van der Waals surface area contributed by atoms with Crippen LogP contribution in [0.5, 0.6) is 0 Å². The Morgan fingerprint density at radius 3 is 2.29 bits per heavy atom.